The summed E-state index contributed by atoms with van der Waals surface area (Å²) in [4.78, 5) is 15.0. The van der Waals surface area contributed by atoms with Gasteiger partial charge in [0.2, 0.25) is 0 Å². The number of benzene rings is 1. The summed E-state index contributed by atoms with van der Waals surface area (Å²) in [7, 11) is 0. The fraction of sp³-hybridized carbons (Fsp3) is 0.0909. The average molecular weight is 204 g/mol. The van der Waals surface area contributed by atoms with Crippen LogP contribution >= 0.6 is 0 Å². The Morgan fingerprint density at radius 1 is 1.53 bits per heavy atom. The highest BCUT2D eigenvalue weighted by atomic mass is 19.1. The van der Waals surface area contributed by atoms with Crippen LogP contribution in [-0.4, -0.2) is 9.55 Å². The fourth-order valence-corrected chi connectivity index (χ4v) is 1.47. The molecule has 0 spiro atoms. The summed E-state index contributed by atoms with van der Waals surface area (Å²) < 4.78 is 14.7. The third-order valence-corrected chi connectivity index (χ3v) is 2.14. The van der Waals surface area contributed by atoms with Gasteiger partial charge in [-0.25, -0.2) is 4.39 Å². The second kappa shape index (κ2) is 3.65. The van der Waals surface area contributed by atoms with Crippen LogP contribution < -0.4 is 5.56 Å². The van der Waals surface area contributed by atoms with Gasteiger partial charge >= 0.3 is 0 Å². The van der Waals surface area contributed by atoms with E-state index in [1.807, 2.05) is 0 Å². The van der Waals surface area contributed by atoms with Gasteiger partial charge in [0.1, 0.15) is 5.82 Å². The molecule has 0 saturated carbocycles. The molecule has 0 unspecified atom stereocenters. The molecule has 1 aromatic heterocycles. The molecule has 0 amide bonds. The van der Waals surface area contributed by atoms with Crippen molar-refractivity contribution in [1.82, 2.24) is 9.55 Å². The van der Waals surface area contributed by atoms with Crippen LogP contribution in [0.5, 0.6) is 0 Å². The summed E-state index contributed by atoms with van der Waals surface area (Å²) in [6.07, 6.45) is 3.12. The molecule has 0 radical (unpaired) electrons. The topological polar surface area (TPSA) is 34.9 Å². The highest BCUT2D eigenvalue weighted by Gasteiger charge is 2.03. The molecular weight excluding hydrogens is 195 g/mol. The molecular formula is C11H9FN2O. The monoisotopic (exact) mass is 204 g/mol. The van der Waals surface area contributed by atoms with Crippen molar-refractivity contribution in [3.8, 4) is 0 Å². The molecule has 0 fully saturated rings. The lowest BCUT2D eigenvalue weighted by molar-refractivity contribution is 0.629. The summed E-state index contributed by atoms with van der Waals surface area (Å²) >= 11 is 0. The highest BCUT2D eigenvalue weighted by molar-refractivity contribution is 5.77. The Bertz CT molecular complexity index is 574. The van der Waals surface area contributed by atoms with Gasteiger partial charge in [-0.05, 0) is 18.2 Å². The first-order valence-electron chi connectivity index (χ1n) is 4.48. The van der Waals surface area contributed by atoms with Gasteiger partial charge < -0.3 is 4.57 Å². The Morgan fingerprint density at radius 3 is 3.07 bits per heavy atom. The second-order valence-electron chi connectivity index (χ2n) is 3.15. The first-order valence-corrected chi connectivity index (χ1v) is 4.48. The molecule has 15 heavy (non-hydrogen) atoms. The predicted molar refractivity (Wildman–Crippen MR) is 56.2 cm³/mol. The third kappa shape index (κ3) is 1.66. The molecule has 0 bridgehead atoms. The van der Waals surface area contributed by atoms with Crippen LogP contribution in [0, 0.1) is 5.82 Å². The molecule has 0 N–H and O–H groups in total. The summed E-state index contributed by atoms with van der Waals surface area (Å²) in [6, 6.07) is 4.09. The average Bonchev–Trinajstić information content (AvgIpc) is 2.23. The SMILES string of the molecule is C=CCn1cnc(=O)c2cc(F)ccc21. The lowest BCUT2D eigenvalue weighted by atomic mass is 10.2. The molecule has 2 rings (SSSR count). The van der Waals surface area contributed by atoms with Crippen molar-refractivity contribution < 1.29 is 4.39 Å². The number of hydrogen-bond donors (Lipinski definition) is 0. The van der Waals surface area contributed by atoms with Crippen molar-refractivity contribution >= 4 is 10.9 Å². The lowest BCUT2D eigenvalue weighted by Gasteiger charge is -2.06. The van der Waals surface area contributed by atoms with Crippen LogP contribution in [0.1, 0.15) is 0 Å². The van der Waals surface area contributed by atoms with Crippen molar-refractivity contribution in [2.75, 3.05) is 0 Å². The second-order valence-corrected chi connectivity index (χ2v) is 3.15. The Kier molecular flexibility index (Phi) is 2.33. The van der Waals surface area contributed by atoms with E-state index >= 15 is 0 Å². The van der Waals surface area contributed by atoms with Crippen LogP contribution in [0.3, 0.4) is 0 Å². The first kappa shape index (κ1) is 9.58. The fourth-order valence-electron chi connectivity index (χ4n) is 1.47. The summed E-state index contributed by atoms with van der Waals surface area (Å²) in [6.45, 7) is 4.14. The Labute approximate surface area is 85.5 Å². The van der Waals surface area contributed by atoms with Crippen molar-refractivity contribution in [2.45, 2.75) is 6.54 Å². The molecule has 1 heterocycles. The summed E-state index contributed by atoms with van der Waals surface area (Å²) in [5.41, 5.74) is 0.251. The van der Waals surface area contributed by atoms with Gasteiger partial charge in [-0.3, -0.25) is 4.79 Å². The van der Waals surface area contributed by atoms with E-state index in [-0.39, 0.29) is 0 Å². The van der Waals surface area contributed by atoms with Crippen molar-refractivity contribution in [3.63, 3.8) is 0 Å². The molecule has 0 atom stereocenters. The minimum Gasteiger partial charge on any atom is -0.328 e. The number of aromatic nitrogens is 2. The molecule has 3 nitrogen and oxygen atoms in total. The Balaban J connectivity index is 2.82. The van der Waals surface area contributed by atoms with Crippen LogP contribution in [0.2, 0.25) is 0 Å². The van der Waals surface area contributed by atoms with E-state index in [2.05, 4.69) is 11.6 Å². The zero-order chi connectivity index (χ0) is 10.8. The molecule has 0 saturated heterocycles. The summed E-state index contributed by atoms with van der Waals surface area (Å²) in [5, 5.41) is 0.291. The van der Waals surface area contributed by atoms with Crippen molar-refractivity contribution in [1.29, 1.82) is 0 Å². The normalized spacial score (nSPS) is 10.5. The number of hydrogen-bond acceptors (Lipinski definition) is 2. The minimum atomic E-state index is -0.433. The molecule has 2 aromatic rings. The molecule has 1 aromatic carbocycles. The molecule has 76 valence electrons. The number of fused-ring (bicyclic) bond motifs is 1. The van der Waals surface area contributed by atoms with E-state index in [1.54, 1.807) is 16.7 Å². The van der Waals surface area contributed by atoms with Crippen molar-refractivity contribution in [3.05, 3.63) is 53.4 Å². The molecule has 0 aliphatic carbocycles. The van der Waals surface area contributed by atoms with Gasteiger partial charge in [0.25, 0.3) is 5.56 Å². The zero-order valence-corrected chi connectivity index (χ0v) is 7.98. The lowest BCUT2D eigenvalue weighted by Crippen LogP contribution is -2.12. The third-order valence-electron chi connectivity index (χ3n) is 2.14. The number of nitrogens with zero attached hydrogens (tertiary/aromatic N) is 2. The predicted octanol–water partition coefficient (Wildman–Crippen LogP) is 1.72. The van der Waals surface area contributed by atoms with Crippen LogP contribution in [0.25, 0.3) is 10.9 Å². The van der Waals surface area contributed by atoms with E-state index < -0.39 is 11.4 Å². The van der Waals surface area contributed by atoms with E-state index in [0.717, 1.165) is 0 Å². The maximum Gasteiger partial charge on any atom is 0.280 e. The van der Waals surface area contributed by atoms with Crippen LogP contribution in [-0.2, 0) is 6.54 Å². The quantitative estimate of drug-likeness (QED) is 0.698. The van der Waals surface area contributed by atoms with Crippen LogP contribution in [0.15, 0.2) is 42.0 Å². The van der Waals surface area contributed by atoms with Gasteiger partial charge in [-0.2, -0.15) is 4.98 Å². The Hall–Kier alpha value is -1.97. The number of rotatable bonds is 2. The van der Waals surface area contributed by atoms with E-state index in [9.17, 15) is 9.18 Å². The van der Waals surface area contributed by atoms with Crippen molar-refractivity contribution in [2.24, 2.45) is 0 Å². The highest BCUT2D eigenvalue weighted by Crippen LogP contribution is 2.10. The maximum atomic E-state index is 12.9. The zero-order valence-electron chi connectivity index (χ0n) is 7.98. The smallest absolute Gasteiger partial charge is 0.280 e. The van der Waals surface area contributed by atoms with Gasteiger partial charge in [0, 0.05) is 6.54 Å². The molecule has 0 aliphatic rings. The molecule has 0 aliphatic heterocycles. The van der Waals surface area contributed by atoms with Gasteiger partial charge in [0.15, 0.2) is 0 Å². The minimum absolute atomic E-state index is 0.291. The molecule has 4 heteroatoms. The largest absolute Gasteiger partial charge is 0.328 e. The standard InChI is InChI=1S/C11H9FN2O/c1-2-5-14-7-13-11(15)9-6-8(12)3-4-10(9)14/h2-4,6-7H,1,5H2. The first-order chi connectivity index (χ1) is 7.22. The van der Waals surface area contributed by atoms with Crippen LogP contribution in [0.4, 0.5) is 4.39 Å². The van der Waals surface area contributed by atoms with Gasteiger partial charge in [-0.15, -0.1) is 6.58 Å². The van der Waals surface area contributed by atoms with E-state index in [1.165, 1.54) is 18.5 Å². The Morgan fingerprint density at radius 2 is 2.33 bits per heavy atom. The van der Waals surface area contributed by atoms with Gasteiger partial charge in [0.05, 0.1) is 17.2 Å². The van der Waals surface area contributed by atoms with E-state index in [0.29, 0.717) is 17.4 Å². The maximum absolute atomic E-state index is 12.9. The number of allylic oxidation sites excluding steroid dienone is 1. The summed E-state index contributed by atoms with van der Waals surface area (Å²) in [5.74, 6) is -0.433. The van der Waals surface area contributed by atoms with Gasteiger partial charge in [-0.1, -0.05) is 6.08 Å². The number of halogens is 1. The van der Waals surface area contributed by atoms with E-state index in [4.69, 9.17) is 0 Å².